The Morgan fingerprint density at radius 3 is 2.77 bits per heavy atom. The Balaban J connectivity index is 1.60. The van der Waals surface area contributed by atoms with Crippen molar-refractivity contribution in [1.82, 2.24) is 4.98 Å². The minimum Gasteiger partial charge on any atom is -0.497 e. The molecule has 0 bridgehead atoms. The standard InChI is InChI=1S/C23H23N3O4/c1-29-16-9-10-19(20(12-16)30-14-15-6-3-2-4-7-15)25-23(28)18-13-21(27)26-22-17(18)8-5-11-24-22/h2-4,6-7,9-10,12-13H,5,8,11,14H2,1H3,(H,25,28)(H2,24,26,27). The Morgan fingerprint density at radius 1 is 1.13 bits per heavy atom. The van der Waals surface area contributed by atoms with Crippen LogP contribution in [0.1, 0.15) is 27.9 Å². The van der Waals surface area contributed by atoms with Crippen molar-refractivity contribution in [2.45, 2.75) is 19.4 Å². The molecule has 0 fully saturated rings. The van der Waals surface area contributed by atoms with Crippen molar-refractivity contribution < 1.29 is 14.3 Å². The van der Waals surface area contributed by atoms with Crippen molar-refractivity contribution in [3.05, 3.63) is 81.6 Å². The van der Waals surface area contributed by atoms with Crippen LogP contribution in [0.5, 0.6) is 11.5 Å². The number of carbonyl (C=O) groups excluding carboxylic acids is 1. The van der Waals surface area contributed by atoms with E-state index in [-0.39, 0.29) is 11.5 Å². The minimum absolute atomic E-state index is 0.316. The Kier molecular flexibility index (Phi) is 5.70. The highest BCUT2D eigenvalue weighted by Crippen LogP contribution is 2.31. The molecule has 3 aromatic rings. The van der Waals surface area contributed by atoms with E-state index in [9.17, 15) is 9.59 Å². The second kappa shape index (κ2) is 8.73. The number of hydrogen-bond acceptors (Lipinski definition) is 5. The van der Waals surface area contributed by atoms with E-state index in [1.54, 1.807) is 25.3 Å². The molecule has 0 aliphatic carbocycles. The van der Waals surface area contributed by atoms with Gasteiger partial charge >= 0.3 is 0 Å². The summed E-state index contributed by atoms with van der Waals surface area (Å²) in [5.74, 6) is 1.38. The lowest BCUT2D eigenvalue weighted by Crippen LogP contribution is -2.24. The molecule has 0 spiro atoms. The Labute approximate surface area is 174 Å². The summed E-state index contributed by atoms with van der Waals surface area (Å²) in [7, 11) is 1.57. The summed E-state index contributed by atoms with van der Waals surface area (Å²) in [6, 6.07) is 16.3. The maximum absolute atomic E-state index is 13.0. The fourth-order valence-electron chi connectivity index (χ4n) is 3.46. The molecule has 30 heavy (non-hydrogen) atoms. The van der Waals surface area contributed by atoms with Gasteiger partial charge in [-0.05, 0) is 30.5 Å². The van der Waals surface area contributed by atoms with E-state index in [1.165, 1.54) is 6.07 Å². The molecule has 0 saturated heterocycles. The number of pyridine rings is 1. The van der Waals surface area contributed by atoms with Crippen molar-refractivity contribution in [3.63, 3.8) is 0 Å². The normalized spacial score (nSPS) is 12.4. The Bertz CT molecular complexity index is 1110. The first-order chi connectivity index (χ1) is 14.6. The summed E-state index contributed by atoms with van der Waals surface area (Å²) >= 11 is 0. The van der Waals surface area contributed by atoms with E-state index in [1.807, 2.05) is 30.3 Å². The van der Waals surface area contributed by atoms with E-state index >= 15 is 0 Å². The largest absolute Gasteiger partial charge is 0.497 e. The van der Waals surface area contributed by atoms with E-state index < -0.39 is 0 Å². The number of fused-ring (bicyclic) bond motifs is 1. The molecule has 2 heterocycles. The van der Waals surface area contributed by atoms with Gasteiger partial charge in [-0.15, -0.1) is 0 Å². The van der Waals surface area contributed by atoms with Gasteiger partial charge in [0.1, 0.15) is 23.9 Å². The fourth-order valence-corrected chi connectivity index (χ4v) is 3.46. The van der Waals surface area contributed by atoms with Crippen LogP contribution < -0.4 is 25.7 Å². The predicted molar refractivity (Wildman–Crippen MR) is 116 cm³/mol. The molecule has 1 aliphatic rings. The topological polar surface area (TPSA) is 92.5 Å². The number of carbonyl (C=O) groups is 1. The summed E-state index contributed by atoms with van der Waals surface area (Å²) in [6.07, 6.45) is 1.62. The van der Waals surface area contributed by atoms with Crippen LogP contribution in [-0.4, -0.2) is 24.5 Å². The van der Waals surface area contributed by atoms with Crippen molar-refractivity contribution in [2.75, 3.05) is 24.3 Å². The number of nitrogens with one attached hydrogen (secondary N) is 3. The molecule has 2 aromatic carbocycles. The number of aromatic amines is 1. The van der Waals surface area contributed by atoms with Crippen LogP contribution in [0, 0.1) is 0 Å². The number of aromatic nitrogens is 1. The lowest BCUT2D eigenvalue weighted by atomic mass is 10.0. The summed E-state index contributed by atoms with van der Waals surface area (Å²) < 4.78 is 11.3. The molecule has 7 nitrogen and oxygen atoms in total. The van der Waals surface area contributed by atoms with Gasteiger partial charge in [0.05, 0.1) is 18.4 Å². The van der Waals surface area contributed by atoms with E-state index in [0.29, 0.717) is 35.2 Å². The van der Waals surface area contributed by atoms with Crippen LogP contribution in [0.15, 0.2) is 59.4 Å². The highest BCUT2D eigenvalue weighted by Gasteiger charge is 2.20. The highest BCUT2D eigenvalue weighted by atomic mass is 16.5. The minimum atomic E-state index is -0.351. The second-order valence-electron chi connectivity index (χ2n) is 7.02. The molecule has 1 aliphatic heterocycles. The third-order valence-corrected chi connectivity index (χ3v) is 4.97. The molecule has 0 radical (unpaired) electrons. The van der Waals surface area contributed by atoms with Crippen LogP contribution >= 0.6 is 0 Å². The van der Waals surface area contributed by atoms with Crippen LogP contribution in [0.4, 0.5) is 11.5 Å². The molecule has 1 aromatic heterocycles. The monoisotopic (exact) mass is 405 g/mol. The Hall–Kier alpha value is -3.74. The molecule has 4 rings (SSSR count). The van der Waals surface area contributed by atoms with Crippen molar-refractivity contribution in [1.29, 1.82) is 0 Å². The highest BCUT2D eigenvalue weighted by molar-refractivity contribution is 6.06. The third-order valence-electron chi connectivity index (χ3n) is 4.97. The molecule has 1 amide bonds. The van der Waals surface area contributed by atoms with Crippen molar-refractivity contribution >= 4 is 17.4 Å². The van der Waals surface area contributed by atoms with Gasteiger partial charge in [0.15, 0.2) is 0 Å². The van der Waals surface area contributed by atoms with Crippen LogP contribution in [0.2, 0.25) is 0 Å². The van der Waals surface area contributed by atoms with Crippen molar-refractivity contribution in [3.8, 4) is 11.5 Å². The number of ether oxygens (including phenoxy) is 2. The molecule has 7 heteroatoms. The number of amides is 1. The first-order valence-electron chi connectivity index (χ1n) is 9.80. The molecule has 154 valence electrons. The number of anilines is 2. The van der Waals surface area contributed by atoms with Gasteiger partial charge in [-0.25, -0.2) is 0 Å². The summed E-state index contributed by atoms with van der Waals surface area (Å²) in [5, 5.41) is 6.04. The molecular weight excluding hydrogens is 382 g/mol. The van der Waals surface area contributed by atoms with Gasteiger partial charge in [-0.2, -0.15) is 0 Å². The zero-order valence-corrected chi connectivity index (χ0v) is 16.7. The summed E-state index contributed by atoms with van der Waals surface area (Å²) in [5.41, 5.74) is 2.38. The molecule has 0 atom stereocenters. The van der Waals surface area contributed by atoms with E-state index in [4.69, 9.17) is 9.47 Å². The molecule has 0 unspecified atom stereocenters. The first-order valence-corrected chi connectivity index (χ1v) is 9.80. The third kappa shape index (κ3) is 4.30. The van der Waals surface area contributed by atoms with E-state index in [2.05, 4.69) is 15.6 Å². The average Bonchev–Trinajstić information content (AvgIpc) is 2.78. The molecular formula is C23H23N3O4. The second-order valence-corrected chi connectivity index (χ2v) is 7.02. The molecule has 0 saturated carbocycles. The van der Waals surface area contributed by atoms with Gasteiger partial charge < -0.3 is 25.1 Å². The zero-order chi connectivity index (χ0) is 20.9. The quantitative estimate of drug-likeness (QED) is 0.583. The fraction of sp³-hybridized carbons (Fsp3) is 0.217. The first kappa shape index (κ1) is 19.6. The van der Waals surface area contributed by atoms with Gasteiger partial charge in [0.25, 0.3) is 5.91 Å². The Morgan fingerprint density at radius 2 is 1.97 bits per heavy atom. The van der Waals surface area contributed by atoms with E-state index in [0.717, 1.165) is 30.5 Å². The van der Waals surface area contributed by atoms with Crippen molar-refractivity contribution in [2.24, 2.45) is 0 Å². The van der Waals surface area contributed by atoms with Gasteiger partial charge in [0.2, 0.25) is 5.56 Å². The number of H-pyrrole nitrogens is 1. The van der Waals surface area contributed by atoms with Gasteiger partial charge in [-0.3, -0.25) is 9.59 Å². The SMILES string of the molecule is COc1ccc(NC(=O)c2cc(=O)[nH]c3c2CCCN3)c(OCc2ccccc2)c1. The molecule has 3 N–H and O–H groups in total. The maximum Gasteiger partial charge on any atom is 0.256 e. The van der Waals surface area contributed by atoms with Crippen LogP contribution in [0.3, 0.4) is 0 Å². The average molecular weight is 405 g/mol. The van der Waals surface area contributed by atoms with Gasteiger partial charge in [0, 0.05) is 24.2 Å². The predicted octanol–water partition coefficient (Wildman–Crippen LogP) is 3.57. The number of rotatable bonds is 6. The summed E-state index contributed by atoms with van der Waals surface area (Å²) in [4.78, 5) is 27.8. The number of methoxy groups -OCH3 is 1. The zero-order valence-electron chi connectivity index (χ0n) is 16.7. The summed E-state index contributed by atoms with van der Waals surface area (Å²) in [6.45, 7) is 1.12. The number of hydrogen-bond donors (Lipinski definition) is 3. The lowest BCUT2D eigenvalue weighted by molar-refractivity contribution is 0.102. The van der Waals surface area contributed by atoms with Crippen LogP contribution in [0.25, 0.3) is 0 Å². The lowest BCUT2D eigenvalue weighted by Gasteiger charge is -2.20. The maximum atomic E-state index is 13.0. The van der Waals surface area contributed by atoms with Gasteiger partial charge in [-0.1, -0.05) is 30.3 Å². The van der Waals surface area contributed by atoms with Crippen LogP contribution in [-0.2, 0) is 13.0 Å². The number of benzene rings is 2. The smallest absolute Gasteiger partial charge is 0.256 e.